The van der Waals surface area contributed by atoms with Crippen molar-refractivity contribution in [1.82, 2.24) is 19.7 Å². The summed E-state index contributed by atoms with van der Waals surface area (Å²) in [4.78, 5) is 20.4. The highest BCUT2D eigenvalue weighted by molar-refractivity contribution is 7.07. The highest BCUT2D eigenvalue weighted by atomic mass is 32.1. The highest BCUT2D eigenvalue weighted by Gasteiger charge is 2.10. The summed E-state index contributed by atoms with van der Waals surface area (Å²) in [5.74, 6) is 1.82. The molecule has 3 rings (SSSR count). The molecule has 7 nitrogen and oxygen atoms in total. The van der Waals surface area contributed by atoms with Crippen LogP contribution in [0.1, 0.15) is 18.5 Å². The standard InChI is InChI=1S/C15H17N5O2S/c1-3-16-12-5-4-11(8-17-12)14-18-13(22-19-14)6-7-20-10(2)9-23-15(20)21/h4-5,8-9H,3,6-7H2,1-2H3,(H,16,17). The number of nitrogens with zero attached hydrogens (tertiary/aromatic N) is 4. The van der Waals surface area contributed by atoms with E-state index >= 15 is 0 Å². The number of anilines is 1. The zero-order valence-electron chi connectivity index (χ0n) is 12.9. The Bertz CT molecular complexity index is 834. The third-order valence-electron chi connectivity index (χ3n) is 3.37. The van der Waals surface area contributed by atoms with Crippen LogP contribution in [-0.4, -0.2) is 26.2 Å². The van der Waals surface area contributed by atoms with Gasteiger partial charge in [-0.2, -0.15) is 4.98 Å². The minimum absolute atomic E-state index is 0.0328. The zero-order valence-corrected chi connectivity index (χ0v) is 13.8. The lowest BCUT2D eigenvalue weighted by atomic mass is 10.2. The van der Waals surface area contributed by atoms with Gasteiger partial charge in [-0.3, -0.25) is 4.79 Å². The predicted octanol–water partition coefficient (Wildman–Crippen LogP) is 2.34. The molecule has 120 valence electrons. The van der Waals surface area contributed by atoms with Crippen LogP contribution in [0.5, 0.6) is 0 Å². The Morgan fingerprint density at radius 3 is 2.91 bits per heavy atom. The molecule has 1 N–H and O–H groups in total. The van der Waals surface area contributed by atoms with Gasteiger partial charge in [-0.15, -0.1) is 0 Å². The molecule has 23 heavy (non-hydrogen) atoms. The van der Waals surface area contributed by atoms with Crippen molar-refractivity contribution in [3.05, 3.63) is 45.0 Å². The Morgan fingerprint density at radius 1 is 1.39 bits per heavy atom. The van der Waals surface area contributed by atoms with E-state index in [1.807, 2.05) is 31.4 Å². The fourth-order valence-electron chi connectivity index (χ4n) is 2.17. The van der Waals surface area contributed by atoms with Crippen LogP contribution < -0.4 is 10.2 Å². The predicted molar refractivity (Wildman–Crippen MR) is 88.7 cm³/mol. The van der Waals surface area contributed by atoms with E-state index < -0.39 is 0 Å². The molecule has 8 heteroatoms. The normalized spacial score (nSPS) is 10.9. The van der Waals surface area contributed by atoms with E-state index in [1.54, 1.807) is 10.8 Å². The lowest BCUT2D eigenvalue weighted by Gasteiger charge is -2.01. The van der Waals surface area contributed by atoms with E-state index in [2.05, 4.69) is 20.4 Å². The van der Waals surface area contributed by atoms with Gasteiger partial charge in [0.15, 0.2) is 0 Å². The SMILES string of the molecule is CCNc1ccc(-c2noc(CCn3c(C)csc3=O)n2)cn1. The fraction of sp³-hybridized carbons (Fsp3) is 0.333. The number of aromatic nitrogens is 4. The minimum atomic E-state index is 0.0328. The molecule has 0 spiro atoms. The number of pyridine rings is 1. The molecule has 0 bridgehead atoms. The number of aryl methyl sites for hydroxylation is 2. The highest BCUT2D eigenvalue weighted by Crippen LogP contribution is 2.16. The second-order valence-corrected chi connectivity index (χ2v) is 5.84. The first kappa shape index (κ1) is 15.4. The largest absolute Gasteiger partial charge is 0.370 e. The van der Waals surface area contributed by atoms with Crippen molar-refractivity contribution < 1.29 is 4.52 Å². The Labute approximate surface area is 137 Å². The molecule has 0 aliphatic heterocycles. The van der Waals surface area contributed by atoms with Gasteiger partial charge in [0.05, 0.1) is 0 Å². The quantitative estimate of drug-likeness (QED) is 0.746. The maximum atomic E-state index is 11.7. The molecule has 3 heterocycles. The third kappa shape index (κ3) is 3.48. The number of nitrogens with one attached hydrogen (secondary N) is 1. The summed E-state index contributed by atoms with van der Waals surface area (Å²) in [5, 5.41) is 8.95. The zero-order chi connectivity index (χ0) is 16.2. The molecule has 0 radical (unpaired) electrons. The van der Waals surface area contributed by atoms with Crippen molar-refractivity contribution in [3.63, 3.8) is 0 Å². The third-order valence-corrected chi connectivity index (χ3v) is 4.25. The molecule has 3 aromatic rings. The molecule has 0 aromatic carbocycles. The summed E-state index contributed by atoms with van der Waals surface area (Å²) < 4.78 is 6.97. The van der Waals surface area contributed by atoms with E-state index in [0.717, 1.165) is 23.6 Å². The summed E-state index contributed by atoms with van der Waals surface area (Å²) in [6, 6.07) is 3.77. The first-order chi connectivity index (χ1) is 11.2. The van der Waals surface area contributed by atoms with Gasteiger partial charge in [0, 0.05) is 42.3 Å². The van der Waals surface area contributed by atoms with Crippen LogP contribution in [0.15, 0.2) is 33.0 Å². The van der Waals surface area contributed by atoms with Gasteiger partial charge in [-0.05, 0) is 26.0 Å². The second-order valence-electron chi connectivity index (χ2n) is 5.02. The van der Waals surface area contributed by atoms with Crippen molar-refractivity contribution in [2.45, 2.75) is 26.8 Å². The maximum Gasteiger partial charge on any atom is 0.307 e. The Hall–Kier alpha value is -2.48. The lowest BCUT2D eigenvalue weighted by Crippen LogP contribution is -2.16. The molecule has 0 aliphatic rings. The molecule has 0 unspecified atom stereocenters. The van der Waals surface area contributed by atoms with E-state index in [1.165, 1.54) is 11.3 Å². The van der Waals surface area contributed by atoms with Gasteiger partial charge < -0.3 is 14.4 Å². The molecule has 0 saturated heterocycles. The summed E-state index contributed by atoms with van der Waals surface area (Å²) in [6.45, 7) is 5.28. The summed E-state index contributed by atoms with van der Waals surface area (Å²) in [5.41, 5.74) is 1.74. The molecule has 0 saturated carbocycles. The van der Waals surface area contributed by atoms with E-state index in [0.29, 0.717) is 24.7 Å². The van der Waals surface area contributed by atoms with Gasteiger partial charge in [-0.1, -0.05) is 16.5 Å². The first-order valence-corrected chi connectivity index (χ1v) is 8.23. The van der Waals surface area contributed by atoms with E-state index in [9.17, 15) is 4.79 Å². The van der Waals surface area contributed by atoms with Crippen molar-refractivity contribution in [2.75, 3.05) is 11.9 Å². The molecule has 0 amide bonds. The fourth-order valence-corrected chi connectivity index (χ4v) is 2.93. The van der Waals surface area contributed by atoms with Crippen LogP contribution in [0.25, 0.3) is 11.4 Å². The topological polar surface area (TPSA) is 85.8 Å². The van der Waals surface area contributed by atoms with Gasteiger partial charge in [0.2, 0.25) is 11.7 Å². The minimum Gasteiger partial charge on any atom is -0.370 e. The Kier molecular flexibility index (Phi) is 4.52. The first-order valence-electron chi connectivity index (χ1n) is 7.35. The monoisotopic (exact) mass is 331 g/mol. The summed E-state index contributed by atoms with van der Waals surface area (Å²) >= 11 is 1.20. The van der Waals surface area contributed by atoms with Gasteiger partial charge >= 0.3 is 4.87 Å². The number of hydrogen-bond donors (Lipinski definition) is 1. The van der Waals surface area contributed by atoms with Crippen LogP contribution >= 0.6 is 11.3 Å². The number of thiazole rings is 1. The van der Waals surface area contributed by atoms with Crippen LogP contribution in [0.4, 0.5) is 5.82 Å². The van der Waals surface area contributed by atoms with E-state index in [4.69, 9.17) is 4.52 Å². The molecule has 0 aliphatic carbocycles. The van der Waals surface area contributed by atoms with Crippen molar-refractivity contribution >= 4 is 17.2 Å². The second kappa shape index (κ2) is 6.74. The number of rotatable bonds is 6. The van der Waals surface area contributed by atoms with Crippen LogP contribution in [0, 0.1) is 6.92 Å². The van der Waals surface area contributed by atoms with Crippen molar-refractivity contribution in [3.8, 4) is 11.4 Å². The Balaban J connectivity index is 1.69. The van der Waals surface area contributed by atoms with Gasteiger partial charge in [0.1, 0.15) is 5.82 Å². The van der Waals surface area contributed by atoms with Crippen molar-refractivity contribution in [1.29, 1.82) is 0 Å². The average molecular weight is 331 g/mol. The summed E-state index contributed by atoms with van der Waals surface area (Å²) in [6.07, 6.45) is 2.23. The average Bonchev–Trinajstić information content (AvgIpc) is 3.14. The smallest absolute Gasteiger partial charge is 0.307 e. The number of hydrogen-bond acceptors (Lipinski definition) is 7. The molecule has 0 atom stereocenters. The van der Waals surface area contributed by atoms with Crippen LogP contribution in [0.2, 0.25) is 0 Å². The maximum absolute atomic E-state index is 11.7. The van der Waals surface area contributed by atoms with Crippen molar-refractivity contribution in [2.24, 2.45) is 0 Å². The Morgan fingerprint density at radius 2 is 2.26 bits per heavy atom. The van der Waals surface area contributed by atoms with Crippen LogP contribution in [0.3, 0.4) is 0 Å². The van der Waals surface area contributed by atoms with E-state index in [-0.39, 0.29) is 4.87 Å². The van der Waals surface area contributed by atoms with Crippen LogP contribution in [-0.2, 0) is 13.0 Å². The van der Waals surface area contributed by atoms with Gasteiger partial charge in [0.25, 0.3) is 0 Å². The molecule has 0 fully saturated rings. The summed E-state index contributed by atoms with van der Waals surface area (Å²) in [7, 11) is 0. The molecular formula is C15H17N5O2S. The molecule has 3 aromatic heterocycles. The van der Waals surface area contributed by atoms with Gasteiger partial charge in [-0.25, -0.2) is 4.98 Å². The molecular weight excluding hydrogens is 314 g/mol. The lowest BCUT2D eigenvalue weighted by molar-refractivity contribution is 0.371.